The SMILES string of the molecule is COc1c(Br)cc(Br)cc1/C=c1/sc2nc3cc(C)c(C)cc3n2c1=O. The standard InChI is InChI=1S/C19H14Br2N2O2S/c1-9-4-14-15(5-10(9)2)23-18(24)16(26-19(23)22-14)7-11-6-12(20)8-13(21)17(11)25-3/h4-8H,1-3H3/b16-7+. The summed E-state index contributed by atoms with van der Waals surface area (Å²) in [6.45, 7) is 4.10. The molecule has 0 aliphatic heterocycles. The highest BCUT2D eigenvalue weighted by Gasteiger charge is 2.14. The molecule has 0 fully saturated rings. The normalized spacial score (nSPS) is 12.4. The van der Waals surface area contributed by atoms with E-state index in [2.05, 4.69) is 43.8 Å². The number of imidazole rings is 1. The zero-order valence-corrected chi connectivity index (χ0v) is 18.3. The number of nitrogens with zero attached hydrogens (tertiary/aromatic N) is 2. The summed E-state index contributed by atoms with van der Waals surface area (Å²) in [4.78, 5) is 18.3. The second-order valence-electron chi connectivity index (χ2n) is 6.08. The molecule has 132 valence electrons. The Morgan fingerprint density at radius 1 is 1.15 bits per heavy atom. The summed E-state index contributed by atoms with van der Waals surface area (Å²) >= 11 is 8.37. The summed E-state index contributed by atoms with van der Waals surface area (Å²) in [5.74, 6) is 0.690. The van der Waals surface area contributed by atoms with E-state index in [1.807, 2.05) is 37.3 Å². The number of thiazole rings is 1. The average molecular weight is 494 g/mol. The molecular weight excluding hydrogens is 480 g/mol. The first kappa shape index (κ1) is 17.7. The van der Waals surface area contributed by atoms with Crippen LogP contribution in [0.15, 0.2) is 38.0 Å². The fourth-order valence-corrected chi connectivity index (χ4v) is 5.36. The summed E-state index contributed by atoms with van der Waals surface area (Å²) in [6, 6.07) is 7.89. The molecule has 2 heterocycles. The quantitative estimate of drug-likeness (QED) is 0.409. The van der Waals surface area contributed by atoms with Crippen LogP contribution in [0.3, 0.4) is 0 Å². The van der Waals surface area contributed by atoms with Crippen LogP contribution in [0.2, 0.25) is 0 Å². The van der Waals surface area contributed by atoms with E-state index >= 15 is 0 Å². The van der Waals surface area contributed by atoms with Crippen LogP contribution in [0.4, 0.5) is 0 Å². The lowest BCUT2D eigenvalue weighted by atomic mass is 10.1. The predicted octanol–water partition coefficient (Wildman–Crippen LogP) is 4.61. The van der Waals surface area contributed by atoms with Crippen molar-refractivity contribution >= 4 is 65.3 Å². The van der Waals surface area contributed by atoms with Gasteiger partial charge in [-0.1, -0.05) is 27.3 Å². The molecule has 0 amide bonds. The van der Waals surface area contributed by atoms with Crippen molar-refractivity contribution in [1.82, 2.24) is 9.38 Å². The first-order chi connectivity index (χ1) is 12.4. The van der Waals surface area contributed by atoms with E-state index in [1.165, 1.54) is 16.9 Å². The molecule has 0 aliphatic carbocycles. The first-order valence-electron chi connectivity index (χ1n) is 7.86. The van der Waals surface area contributed by atoms with Gasteiger partial charge in [0.05, 0.1) is 27.1 Å². The molecule has 2 aromatic heterocycles. The number of benzene rings is 2. The predicted molar refractivity (Wildman–Crippen MR) is 113 cm³/mol. The lowest BCUT2D eigenvalue weighted by Gasteiger charge is -2.07. The van der Waals surface area contributed by atoms with Gasteiger partial charge in [-0.15, -0.1) is 0 Å². The Labute approximate surface area is 170 Å². The summed E-state index contributed by atoms with van der Waals surface area (Å²) in [7, 11) is 1.61. The van der Waals surface area contributed by atoms with Crippen LogP contribution < -0.4 is 14.8 Å². The first-order valence-corrected chi connectivity index (χ1v) is 10.3. The minimum atomic E-state index is -0.0612. The topological polar surface area (TPSA) is 43.6 Å². The highest BCUT2D eigenvalue weighted by Crippen LogP contribution is 2.33. The molecule has 4 aromatic rings. The maximum absolute atomic E-state index is 13.0. The van der Waals surface area contributed by atoms with Crippen molar-refractivity contribution in [3.8, 4) is 5.75 Å². The zero-order chi connectivity index (χ0) is 18.6. The Kier molecular flexibility index (Phi) is 4.41. The highest BCUT2D eigenvalue weighted by molar-refractivity contribution is 9.11. The van der Waals surface area contributed by atoms with Crippen LogP contribution in [-0.4, -0.2) is 16.5 Å². The summed E-state index contributed by atoms with van der Waals surface area (Å²) in [6.07, 6.45) is 1.85. The number of fused-ring (bicyclic) bond motifs is 3. The molecule has 0 radical (unpaired) electrons. The Morgan fingerprint density at radius 3 is 2.62 bits per heavy atom. The number of aryl methyl sites for hydroxylation is 2. The Balaban J connectivity index is 2.02. The number of methoxy groups -OCH3 is 1. The van der Waals surface area contributed by atoms with Crippen LogP contribution >= 0.6 is 43.2 Å². The molecule has 0 atom stereocenters. The number of ether oxygens (including phenoxy) is 1. The summed E-state index contributed by atoms with van der Waals surface area (Å²) in [5, 5.41) is 0. The van der Waals surface area contributed by atoms with E-state index in [9.17, 15) is 4.79 Å². The molecule has 0 unspecified atom stereocenters. The molecular formula is C19H14Br2N2O2S. The summed E-state index contributed by atoms with van der Waals surface area (Å²) in [5.41, 5.74) is 4.79. The third kappa shape index (κ3) is 2.78. The van der Waals surface area contributed by atoms with Gasteiger partial charge in [0.1, 0.15) is 5.75 Å². The van der Waals surface area contributed by atoms with Crippen LogP contribution in [0, 0.1) is 13.8 Å². The van der Waals surface area contributed by atoms with E-state index in [0.717, 1.165) is 31.1 Å². The number of hydrogen-bond acceptors (Lipinski definition) is 4. The van der Waals surface area contributed by atoms with Gasteiger partial charge in [0.25, 0.3) is 5.56 Å². The van der Waals surface area contributed by atoms with E-state index in [0.29, 0.717) is 15.2 Å². The minimum Gasteiger partial charge on any atom is -0.495 e. The molecule has 7 heteroatoms. The molecule has 26 heavy (non-hydrogen) atoms. The number of halogens is 2. The van der Waals surface area contributed by atoms with Crippen molar-refractivity contribution in [2.75, 3.05) is 7.11 Å². The fraction of sp³-hybridized carbons (Fsp3) is 0.158. The molecule has 4 rings (SSSR count). The van der Waals surface area contributed by atoms with Crippen molar-refractivity contribution in [3.63, 3.8) is 0 Å². The molecule has 0 saturated carbocycles. The van der Waals surface area contributed by atoms with Crippen LogP contribution in [0.1, 0.15) is 16.7 Å². The van der Waals surface area contributed by atoms with Gasteiger partial charge < -0.3 is 4.74 Å². The maximum Gasteiger partial charge on any atom is 0.274 e. The van der Waals surface area contributed by atoms with Gasteiger partial charge in [-0.3, -0.25) is 4.79 Å². The Bertz CT molecular complexity index is 1290. The smallest absolute Gasteiger partial charge is 0.274 e. The van der Waals surface area contributed by atoms with Gasteiger partial charge in [0.2, 0.25) is 0 Å². The van der Waals surface area contributed by atoms with Gasteiger partial charge in [0.15, 0.2) is 4.96 Å². The van der Waals surface area contributed by atoms with E-state index in [-0.39, 0.29) is 5.56 Å². The van der Waals surface area contributed by atoms with Gasteiger partial charge in [-0.05, 0) is 71.2 Å². The lowest BCUT2D eigenvalue weighted by Crippen LogP contribution is -2.22. The zero-order valence-electron chi connectivity index (χ0n) is 14.3. The van der Waals surface area contributed by atoms with E-state index < -0.39 is 0 Å². The number of hydrogen-bond donors (Lipinski definition) is 0. The Hall–Kier alpha value is -1.70. The van der Waals surface area contributed by atoms with E-state index in [1.54, 1.807) is 11.5 Å². The van der Waals surface area contributed by atoms with Crippen LogP contribution in [0.25, 0.3) is 22.1 Å². The molecule has 0 N–H and O–H groups in total. The van der Waals surface area contributed by atoms with Gasteiger partial charge in [0, 0.05) is 10.0 Å². The maximum atomic E-state index is 13.0. The summed E-state index contributed by atoms with van der Waals surface area (Å²) < 4.78 is 9.52. The second kappa shape index (κ2) is 6.48. The lowest BCUT2D eigenvalue weighted by molar-refractivity contribution is 0.411. The van der Waals surface area contributed by atoms with Gasteiger partial charge in [-0.25, -0.2) is 9.38 Å². The number of aromatic nitrogens is 2. The molecule has 4 nitrogen and oxygen atoms in total. The molecule has 0 aliphatic rings. The molecule has 0 saturated heterocycles. The second-order valence-corrected chi connectivity index (χ2v) is 8.86. The van der Waals surface area contributed by atoms with Gasteiger partial charge >= 0.3 is 0 Å². The average Bonchev–Trinajstić information content (AvgIpc) is 3.05. The third-order valence-electron chi connectivity index (χ3n) is 4.38. The Morgan fingerprint density at radius 2 is 1.88 bits per heavy atom. The third-order valence-corrected chi connectivity index (χ3v) is 6.40. The fourth-order valence-electron chi connectivity index (χ4n) is 2.96. The highest BCUT2D eigenvalue weighted by atomic mass is 79.9. The van der Waals surface area contributed by atoms with Crippen LogP contribution in [-0.2, 0) is 0 Å². The van der Waals surface area contributed by atoms with Crippen molar-refractivity contribution < 1.29 is 4.74 Å². The van der Waals surface area contributed by atoms with Crippen molar-refractivity contribution in [2.45, 2.75) is 13.8 Å². The van der Waals surface area contributed by atoms with Crippen molar-refractivity contribution in [2.24, 2.45) is 0 Å². The number of rotatable bonds is 2. The minimum absolute atomic E-state index is 0.0612. The largest absolute Gasteiger partial charge is 0.495 e. The molecule has 0 bridgehead atoms. The van der Waals surface area contributed by atoms with Crippen molar-refractivity contribution in [3.05, 3.63) is 64.8 Å². The molecule has 2 aromatic carbocycles. The van der Waals surface area contributed by atoms with Crippen molar-refractivity contribution in [1.29, 1.82) is 0 Å². The molecule has 0 spiro atoms. The van der Waals surface area contributed by atoms with E-state index in [4.69, 9.17) is 4.74 Å². The van der Waals surface area contributed by atoms with Gasteiger partial charge in [-0.2, -0.15) is 0 Å². The van der Waals surface area contributed by atoms with Crippen LogP contribution in [0.5, 0.6) is 5.75 Å². The monoisotopic (exact) mass is 492 g/mol.